The zero-order valence-corrected chi connectivity index (χ0v) is 11.5. The number of hydrogen-bond donors (Lipinski definition) is 2. The molecule has 0 spiro atoms. The molecule has 1 atom stereocenters. The Bertz CT molecular complexity index is 846. The average molecular weight is 297 g/mol. The highest BCUT2D eigenvalue weighted by Gasteiger charge is 2.33. The first-order valence-electron chi connectivity index (χ1n) is 6.39. The highest BCUT2D eigenvalue weighted by Crippen LogP contribution is 2.41. The Hall–Kier alpha value is -3.34. The molecule has 3 N–H and O–H groups in total. The van der Waals surface area contributed by atoms with Gasteiger partial charge in [0.05, 0.1) is 16.5 Å². The average Bonchev–Trinajstić information content (AvgIpc) is 2.85. The summed E-state index contributed by atoms with van der Waals surface area (Å²) in [6, 6.07) is 8.09. The van der Waals surface area contributed by atoms with Crippen LogP contribution in [0.5, 0.6) is 5.88 Å². The molecular weight excluding hydrogens is 286 g/mol. The molecule has 0 amide bonds. The second-order valence-corrected chi connectivity index (χ2v) is 4.82. The number of rotatable bonds is 2. The topological polar surface area (TPSA) is 131 Å². The third-order valence-electron chi connectivity index (χ3n) is 3.40. The van der Waals surface area contributed by atoms with Crippen molar-refractivity contribution in [1.82, 2.24) is 9.97 Å². The van der Waals surface area contributed by atoms with Crippen molar-refractivity contribution in [3.8, 4) is 11.9 Å². The molecule has 0 saturated carbocycles. The van der Waals surface area contributed by atoms with Crippen molar-refractivity contribution in [3.63, 3.8) is 0 Å². The molecule has 110 valence electrons. The lowest BCUT2D eigenvalue weighted by atomic mass is 9.87. The van der Waals surface area contributed by atoms with Crippen molar-refractivity contribution < 1.29 is 9.66 Å². The van der Waals surface area contributed by atoms with Gasteiger partial charge in [0.25, 0.3) is 5.69 Å². The van der Waals surface area contributed by atoms with E-state index in [0.29, 0.717) is 17.1 Å². The van der Waals surface area contributed by atoms with Gasteiger partial charge in [-0.15, -0.1) is 0 Å². The van der Waals surface area contributed by atoms with Crippen molar-refractivity contribution in [2.45, 2.75) is 12.8 Å². The molecule has 0 unspecified atom stereocenters. The fraction of sp³-hybridized carbons (Fsp3) is 0.143. The minimum atomic E-state index is -0.574. The maximum atomic E-state index is 11.0. The molecule has 22 heavy (non-hydrogen) atoms. The molecule has 0 saturated heterocycles. The largest absolute Gasteiger partial charge is 0.420 e. The van der Waals surface area contributed by atoms with Crippen LogP contribution in [0.1, 0.15) is 23.0 Å². The smallest absolute Gasteiger partial charge is 0.269 e. The minimum Gasteiger partial charge on any atom is -0.420 e. The highest BCUT2D eigenvalue weighted by molar-refractivity contribution is 5.53. The van der Waals surface area contributed by atoms with E-state index in [1.807, 2.05) is 6.07 Å². The van der Waals surface area contributed by atoms with Crippen LogP contribution in [0.3, 0.4) is 0 Å². The summed E-state index contributed by atoms with van der Waals surface area (Å²) in [6.45, 7) is 1.74. The summed E-state index contributed by atoms with van der Waals surface area (Å²) in [5.74, 6) is 0.269. The summed E-state index contributed by atoms with van der Waals surface area (Å²) in [5.41, 5.74) is 7.05. The number of aromatic nitrogens is 2. The number of hydrogen-bond acceptors (Lipinski definition) is 6. The van der Waals surface area contributed by atoms with E-state index in [2.05, 4.69) is 9.97 Å². The number of nitriles is 1. The minimum absolute atomic E-state index is 0.0435. The van der Waals surface area contributed by atoms with Gasteiger partial charge in [-0.1, -0.05) is 12.1 Å². The van der Waals surface area contributed by atoms with Gasteiger partial charge in [-0.2, -0.15) is 10.2 Å². The van der Waals surface area contributed by atoms with Crippen LogP contribution in [0.2, 0.25) is 0 Å². The third kappa shape index (κ3) is 2.05. The standard InChI is InChI=1S/C14H11N5O3/c1-7-17-12-11(8-3-2-4-9(5-8)19(20)21)10(6-15)13(16)22-14(12)18-7/h2-5,11H,16H2,1H3,(H,17,18)/t11-/m0/s1. The number of nitrogens with two attached hydrogens (primary N) is 1. The molecule has 0 bridgehead atoms. The summed E-state index contributed by atoms with van der Waals surface area (Å²) in [4.78, 5) is 17.7. The Morgan fingerprint density at radius 1 is 1.55 bits per heavy atom. The molecule has 1 aromatic carbocycles. The summed E-state index contributed by atoms with van der Waals surface area (Å²) >= 11 is 0. The van der Waals surface area contributed by atoms with Gasteiger partial charge in [0.1, 0.15) is 17.5 Å². The van der Waals surface area contributed by atoms with Crippen LogP contribution in [0.15, 0.2) is 35.7 Å². The lowest BCUT2D eigenvalue weighted by Gasteiger charge is -2.22. The van der Waals surface area contributed by atoms with Gasteiger partial charge >= 0.3 is 0 Å². The molecule has 1 aliphatic heterocycles. The number of ether oxygens (including phenoxy) is 1. The first-order valence-corrected chi connectivity index (χ1v) is 6.39. The van der Waals surface area contributed by atoms with Crippen LogP contribution in [-0.4, -0.2) is 14.9 Å². The molecule has 3 rings (SSSR count). The van der Waals surface area contributed by atoms with E-state index in [-0.39, 0.29) is 23.0 Å². The molecule has 0 fully saturated rings. The number of nitro groups is 1. The maximum Gasteiger partial charge on any atom is 0.269 e. The summed E-state index contributed by atoms with van der Waals surface area (Å²) in [6.07, 6.45) is 0. The van der Waals surface area contributed by atoms with Gasteiger partial charge in [0.2, 0.25) is 11.8 Å². The quantitative estimate of drug-likeness (QED) is 0.642. The maximum absolute atomic E-state index is 11.0. The number of nitro benzene ring substituents is 1. The number of allylic oxidation sites excluding steroid dienone is 1. The second-order valence-electron chi connectivity index (χ2n) is 4.82. The van der Waals surface area contributed by atoms with Crippen LogP contribution in [0.25, 0.3) is 0 Å². The van der Waals surface area contributed by atoms with E-state index in [4.69, 9.17) is 10.5 Å². The molecule has 1 aromatic heterocycles. The van der Waals surface area contributed by atoms with Crippen LogP contribution in [-0.2, 0) is 0 Å². The van der Waals surface area contributed by atoms with Crippen LogP contribution >= 0.6 is 0 Å². The second kappa shape index (κ2) is 4.89. The molecular formula is C14H11N5O3. The van der Waals surface area contributed by atoms with Crippen LogP contribution in [0.4, 0.5) is 5.69 Å². The van der Waals surface area contributed by atoms with Gasteiger partial charge in [0, 0.05) is 12.1 Å². The molecule has 1 aliphatic rings. The van der Waals surface area contributed by atoms with Gasteiger partial charge in [0.15, 0.2) is 0 Å². The third-order valence-corrected chi connectivity index (χ3v) is 3.40. The zero-order chi connectivity index (χ0) is 15.9. The number of aryl methyl sites for hydroxylation is 1. The number of nitrogens with zero attached hydrogens (tertiary/aromatic N) is 3. The number of imidazole rings is 1. The fourth-order valence-corrected chi connectivity index (χ4v) is 2.48. The molecule has 8 nitrogen and oxygen atoms in total. The number of nitrogens with one attached hydrogen (secondary N) is 1. The lowest BCUT2D eigenvalue weighted by molar-refractivity contribution is -0.384. The van der Waals surface area contributed by atoms with Crippen LogP contribution in [0, 0.1) is 28.4 Å². The Morgan fingerprint density at radius 3 is 3.00 bits per heavy atom. The molecule has 2 aromatic rings. The Labute approximate surface area is 125 Å². The van der Waals surface area contributed by atoms with E-state index in [9.17, 15) is 15.4 Å². The molecule has 0 radical (unpaired) electrons. The number of non-ortho nitro benzene ring substituents is 1. The van der Waals surface area contributed by atoms with E-state index in [1.165, 1.54) is 12.1 Å². The van der Waals surface area contributed by atoms with E-state index < -0.39 is 10.8 Å². The lowest BCUT2D eigenvalue weighted by Crippen LogP contribution is -2.21. The SMILES string of the molecule is Cc1nc2c([nH]1)[C@@H](c1cccc([N+](=O)[O-])c1)C(C#N)=C(N)O2. The van der Waals surface area contributed by atoms with Crippen molar-refractivity contribution >= 4 is 5.69 Å². The van der Waals surface area contributed by atoms with E-state index >= 15 is 0 Å². The molecule has 2 heterocycles. The van der Waals surface area contributed by atoms with Crippen molar-refractivity contribution in [2.75, 3.05) is 0 Å². The number of H-pyrrole nitrogens is 1. The Balaban J connectivity index is 2.21. The first-order chi connectivity index (χ1) is 10.5. The van der Waals surface area contributed by atoms with Gasteiger partial charge in [-0.05, 0) is 12.5 Å². The Kier molecular flexibility index (Phi) is 3.03. The van der Waals surface area contributed by atoms with Crippen molar-refractivity contribution in [2.24, 2.45) is 5.73 Å². The monoisotopic (exact) mass is 297 g/mol. The number of fused-ring (bicyclic) bond motifs is 1. The fourth-order valence-electron chi connectivity index (χ4n) is 2.48. The number of aromatic amines is 1. The van der Waals surface area contributed by atoms with Gasteiger partial charge in [-0.25, -0.2) is 0 Å². The predicted octanol–water partition coefficient (Wildman–Crippen LogP) is 1.84. The molecule has 0 aliphatic carbocycles. The van der Waals surface area contributed by atoms with Crippen LogP contribution < -0.4 is 10.5 Å². The summed E-state index contributed by atoms with van der Waals surface area (Å²) in [5, 5.41) is 20.3. The summed E-state index contributed by atoms with van der Waals surface area (Å²) < 4.78 is 5.34. The van der Waals surface area contributed by atoms with Crippen molar-refractivity contribution in [1.29, 1.82) is 5.26 Å². The van der Waals surface area contributed by atoms with Gasteiger partial charge < -0.3 is 15.5 Å². The summed E-state index contributed by atoms with van der Waals surface area (Å²) in [7, 11) is 0. The first kappa shape index (κ1) is 13.6. The zero-order valence-electron chi connectivity index (χ0n) is 11.5. The normalized spacial score (nSPS) is 16.6. The van der Waals surface area contributed by atoms with E-state index in [0.717, 1.165) is 0 Å². The van der Waals surface area contributed by atoms with E-state index in [1.54, 1.807) is 19.1 Å². The molecule has 8 heteroatoms. The highest BCUT2D eigenvalue weighted by atomic mass is 16.6. The Morgan fingerprint density at radius 2 is 2.32 bits per heavy atom. The van der Waals surface area contributed by atoms with Gasteiger partial charge in [-0.3, -0.25) is 10.1 Å². The van der Waals surface area contributed by atoms with Crippen molar-refractivity contribution in [3.05, 3.63) is 62.9 Å². The number of benzene rings is 1. The predicted molar refractivity (Wildman–Crippen MR) is 75.7 cm³/mol.